The first-order valence-corrected chi connectivity index (χ1v) is 25.7. The summed E-state index contributed by atoms with van der Waals surface area (Å²) in [5.41, 5.74) is 0. The van der Waals surface area contributed by atoms with Crippen molar-refractivity contribution in [3.8, 4) is 0 Å². The van der Waals surface area contributed by atoms with Crippen molar-refractivity contribution in [2.24, 2.45) is 11.8 Å². The smallest absolute Gasteiger partial charge is 0.0466 e. The van der Waals surface area contributed by atoms with Crippen molar-refractivity contribution in [2.45, 2.75) is 310 Å². The molecule has 0 unspecified atom stereocenters. The van der Waals surface area contributed by atoms with E-state index in [0.29, 0.717) is 0 Å². The third-order valence-corrected chi connectivity index (χ3v) is 12.1. The molecule has 0 amide bonds. The van der Waals surface area contributed by atoms with Crippen LogP contribution in [0.15, 0.2) is 0 Å². The zero-order valence-electron chi connectivity index (χ0n) is 38.1. The van der Waals surface area contributed by atoms with Gasteiger partial charge in [-0.3, -0.25) is 0 Å². The van der Waals surface area contributed by atoms with Crippen LogP contribution in [-0.4, -0.2) is 13.2 Å². The SMILES string of the molecule is CC(C)CCCCCCCCCCCCCCCCCCCCCCCOCCCCCCCCCCCCCCCCCCCCCCCC(C)C. The van der Waals surface area contributed by atoms with Crippen molar-refractivity contribution in [3.63, 3.8) is 0 Å². The lowest BCUT2D eigenvalue weighted by molar-refractivity contribution is 0.125. The Labute approximate surface area is 338 Å². The highest BCUT2D eigenvalue weighted by molar-refractivity contribution is 4.54. The summed E-state index contributed by atoms with van der Waals surface area (Å²) < 4.78 is 5.93. The van der Waals surface area contributed by atoms with Gasteiger partial charge in [-0.05, 0) is 24.7 Å². The van der Waals surface area contributed by atoms with E-state index in [0.717, 1.165) is 25.0 Å². The Morgan fingerprint density at radius 1 is 0.189 bits per heavy atom. The Kier molecular flexibility index (Phi) is 48.1. The van der Waals surface area contributed by atoms with E-state index < -0.39 is 0 Å². The van der Waals surface area contributed by atoms with Gasteiger partial charge in [0.05, 0.1) is 0 Å². The van der Waals surface area contributed by atoms with E-state index >= 15 is 0 Å². The van der Waals surface area contributed by atoms with Gasteiger partial charge in [-0.1, -0.05) is 297 Å². The van der Waals surface area contributed by atoms with Gasteiger partial charge in [0.25, 0.3) is 0 Å². The minimum absolute atomic E-state index is 0.892. The molecule has 0 heterocycles. The topological polar surface area (TPSA) is 9.23 Å². The second-order valence-corrected chi connectivity index (χ2v) is 18.8. The Hall–Kier alpha value is -0.0400. The zero-order chi connectivity index (χ0) is 38.4. The van der Waals surface area contributed by atoms with Gasteiger partial charge < -0.3 is 4.74 Å². The summed E-state index contributed by atoms with van der Waals surface area (Å²) in [4.78, 5) is 0. The number of unbranched alkanes of at least 4 members (excludes halogenated alkanes) is 40. The molecule has 1 heteroatoms. The molecule has 0 radical (unpaired) electrons. The van der Waals surface area contributed by atoms with Gasteiger partial charge in [0.2, 0.25) is 0 Å². The summed E-state index contributed by atoms with van der Waals surface area (Å²) in [6.45, 7) is 11.4. The van der Waals surface area contributed by atoms with E-state index in [1.54, 1.807) is 0 Å². The molecule has 0 atom stereocenters. The highest BCUT2D eigenvalue weighted by Gasteiger charge is 2.00. The third kappa shape index (κ3) is 52.0. The van der Waals surface area contributed by atoms with Gasteiger partial charge in [-0.15, -0.1) is 0 Å². The first kappa shape index (κ1) is 53.0. The maximum atomic E-state index is 5.93. The van der Waals surface area contributed by atoms with Gasteiger partial charge in [0.1, 0.15) is 0 Å². The van der Waals surface area contributed by atoms with Crippen LogP contribution in [0.1, 0.15) is 310 Å². The zero-order valence-corrected chi connectivity index (χ0v) is 38.1. The quantitative estimate of drug-likeness (QED) is 0.0563. The molecule has 0 aliphatic heterocycles. The second kappa shape index (κ2) is 48.1. The fourth-order valence-corrected chi connectivity index (χ4v) is 8.33. The molecule has 0 spiro atoms. The second-order valence-electron chi connectivity index (χ2n) is 18.8. The van der Waals surface area contributed by atoms with Gasteiger partial charge in [-0.25, -0.2) is 0 Å². The fourth-order valence-electron chi connectivity index (χ4n) is 8.33. The van der Waals surface area contributed by atoms with Crippen molar-refractivity contribution in [1.82, 2.24) is 0 Å². The standard InChI is InChI=1S/C52H106O/c1-51(2)47-43-39-35-31-27-23-19-15-11-7-5-9-13-17-21-25-29-33-37-41-45-49-53-50-46-42-38-34-30-26-22-18-14-10-6-8-12-16-20-24-28-32-36-40-44-48-52(3)4/h51-52H,5-50H2,1-4H3. The molecular weight excluding hydrogens is 641 g/mol. The normalized spacial score (nSPS) is 11.9. The Bertz CT molecular complexity index is 558. The molecule has 0 saturated carbocycles. The van der Waals surface area contributed by atoms with Crippen LogP contribution in [0.3, 0.4) is 0 Å². The minimum Gasteiger partial charge on any atom is -0.381 e. The van der Waals surface area contributed by atoms with Gasteiger partial charge in [-0.2, -0.15) is 0 Å². The lowest BCUT2D eigenvalue weighted by Crippen LogP contribution is -1.97. The molecule has 0 aliphatic carbocycles. The Morgan fingerprint density at radius 2 is 0.321 bits per heavy atom. The summed E-state index contributed by atoms with van der Waals surface area (Å²) >= 11 is 0. The summed E-state index contributed by atoms with van der Waals surface area (Å²) in [6.07, 6.45) is 64.0. The van der Waals surface area contributed by atoms with E-state index in [-0.39, 0.29) is 0 Å². The van der Waals surface area contributed by atoms with E-state index in [1.165, 1.54) is 283 Å². The number of hydrogen-bond acceptors (Lipinski definition) is 1. The summed E-state index contributed by atoms with van der Waals surface area (Å²) in [7, 11) is 0. The number of rotatable bonds is 48. The molecule has 320 valence electrons. The summed E-state index contributed by atoms with van der Waals surface area (Å²) in [5, 5.41) is 0. The molecule has 0 aliphatic rings. The van der Waals surface area contributed by atoms with Crippen LogP contribution in [0.4, 0.5) is 0 Å². The number of ether oxygens (including phenoxy) is 1. The van der Waals surface area contributed by atoms with Crippen molar-refractivity contribution in [1.29, 1.82) is 0 Å². The summed E-state index contributed by atoms with van der Waals surface area (Å²) in [5.74, 6) is 1.78. The van der Waals surface area contributed by atoms with Crippen molar-refractivity contribution >= 4 is 0 Å². The van der Waals surface area contributed by atoms with E-state index in [2.05, 4.69) is 27.7 Å². The maximum absolute atomic E-state index is 5.93. The monoisotopic (exact) mass is 747 g/mol. The van der Waals surface area contributed by atoms with Crippen LogP contribution in [0.25, 0.3) is 0 Å². The molecule has 0 rings (SSSR count). The van der Waals surface area contributed by atoms with E-state index in [4.69, 9.17) is 4.74 Å². The van der Waals surface area contributed by atoms with Crippen LogP contribution in [0.2, 0.25) is 0 Å². The molecule has 0 N–H and O–H groups in total. The lowest BCUT2D eigenvalue weighted by Gasteiger charge is -2.06. The van der Waals surface area contributed by atoms with Crippen LogP contribution in [-0.2, 0) is 4.74 Å². The van der Waals surface area contributed by atoms with Crippen LogP contribution >= 0.6 is 0 Å². The highest BCUT2D eigenvalue weighted by atomic mass is 16.5. The minimum atomic E-state index is 0.892. The Morgan fingerprint density at radius 3 is 0.472 bits per heavy atom. The maximum Gasteiger partial charge on any atom is 0.0466 e. The van der Waals surface area contributed by atoms with E-state index in [1.807, 2.05) is 0 Å². The molecule has 0 aromatic carbocycles. The molecule has 1 nitrogen and oxygen atoms in total. The largest absolute Gasteiger partial charge is 0.381 e. The lowest BCUT2D eigenvalue weighted by atomic mass is 10.0. The Balaban J connectivity index is 3.06. The third-order valence-electron chi connectivity index (χ3n) is 12.1. The highest BCUT2D eigenvalue weighted by Crippen LogP contribution is 2.18. The molecule has 53 heavy (non-hydrogen) atoms. The van der Waals surface area contributed by atoms with Gasteiger partial charge in [0.15, 0.2) is 0 Å². The predicted octanol–water partition coefficient (Wildman–Crippen LogP) is 19.5. The van der Waals surface area contributed by atoms with Crippen LogP contribution in [0.5, 0.6) is 0 Å². The van der Waals surface area contributed by atoms with Gasteiger partial charge >= 0.3 is 0 Å². The van der Waals surface area contributed by atoms with Crippen molar-refractivity contribution in [2.75, 3.05) is 13.2 Å². The van der Waals surface area contributed by atoms with Crippen LogP contribution < -0.4 is 0 Å². The average molecular weight is 747 g/mol. The van der Waals surface area contributed by atoms with Crippen LogP contribution in [0, 0.1) is 11.8 Å². The molecule has 0 aromatic heterocycles. The summed E-state index contributed by atoms with van der Waals surface area (Å²) in [6, 6.07) is 0. The average Bonchev–Trinajstić information content (AvgIpc) is 3.14. The molecule has 0 aromatic rings. The first-order valence-electron chi connectivity index (χ1n) is 25.7. The molecule has 0 fully saturated rings. The van der Waals surface area contributed by atoms with Crippen molar-refractivity contribution < 1.29 is 4.74 Å². The van der Waals surface area contributed by atoms with Gasteiger partial charge in [0, 0.05) is 13.2 Å². The fraction of sp³-hybridized carbons (Fsp3) is 1.00. The first-order chi connectivity index (χ1) is 26.1. The van der Waals surface area contributed by atoms with Crippen molar-refractivity contribution in [3.05, 3.63) is 0 Å². The molecular formula is C52H106O. The molecule has 0 bridgehead atoms. The predicted molar refractivity (Wildman–Crippen MR) is 244 cm³/mol. The molecule has 0 saturated heterocycles. The van der Waals surface area contributed by atoms with E-state index in [9.17, 15) is 0 Å². The number of hydrogen-bond donors (Lipinski definition) is 0.